The number of carbonyl (C=O) groups is 1. The SMILES string of the molecule is CCOC(=O)Nc1cn2nc(Cl)c(C)cc2n1. The van der Waals surface area contributed by atoms with Crippen LogP contribution in [0.1, 0.15) is 12.5 Å². The maximum atomic E-state index is 11.2. The molecule has 2 rings (SSSR count). The summed E-state index contributed by atoms with van der Waals surface area (Å²) in [6, 6.07) is 1.78. The average Bonchev–Trinajstić information content (AvgIpc) is 2.60. The Morgan fingerprint density at radius 2 is 2.41 bits per heavy atom. The number of carbonyl (C=O) groups excluding carboxylic acids is 1. The predicted octanol–water partition coefficient (Wildman–Crippen LogP) is 2.26. The topological polar surface area (TPSA) is 68.5 Å². The molecule has 0 aliphatic rings. The van der Waals surface area contributed by atoms with Gasteiger partial charge in [0.25, 0.3) is 0 Å². The molecule has 0 unspecified atom stereocenters. The maximum Gasteiger partial charge on any atom is 0.412 e. The van der Waals surface area contributed by atoms with Crippen LogP contribution in [0.2, 0.25) is 5.15 Å². The number of rotatable bonds is 2. The molecule has 0 aliphatic carbocycles. The Morgan fingerprint density at radius 1 is 1.65 bits per heavy atom. The number of halogens is 1. The molecule has 1 amide bonds. The molecule has 2 aromatic rings. The van der Waals surface area contributed by atoms with Crippen molar-refractivity contribution in [3.8, 4) is 0 Å². The number of ether oxygens (including phenoxy) is 1. The van der Waals surface area contributed by atoms with Gasteiger partial charge in [-0.3, -0.25) is 5.32 Å². The monoisotopic (exact) mass is 254 g/mol. The lowest BCUT2D eigenvalue weighted by molar-refractivity contribution is 0.168. The van der Waals surface area contributed by atoms with Crippen LogP contribution in [0.3, 0.4) is 0 Å². The van der Waals surface area contributed by atoms with E-state index in [4.69, 9.17) is 16.3 Å². The first-order chi connectivity index (χ1) is 8.10. The summed E-state index contributed by atoms with van der Waals surface area (Å²) >= 11 is 5.88. The summed E-state index contributed by atoms with van der Waals surface area (Å²) in [6.07, 6.45) is 1.02. The van der Waals surface area contributed by atoms with Gasteiger partial charge >= 0.3 is 6.09 Å². The molecule has 0 fully saturated rings. The van der Waals surface area contributed by atoms with Gasteiger partial charge in [0.05, 0.1) is 12.8 Å². The van der Waals surface area contributed by atoms with Gasteiger partial charge in [-0.25, -0.2) is 14.3 Å². The second kappa shape index (κ2) is 4.58. The molecule has 17 heavy (non-hydrogen) atoms. The molecule has 0 bridgehead atoms. The highest BCUT2D eigenvalue weighted by Crippen LogP contribution is 2.15. The minimum Gasteiger partial charge on any atom is -0.450 e. The van der Waals surface area contributed by atoms with Crippen LogP contribution in [-0.2, 0) is 4.74 Å². The van der Waals surface area contributed by atoms with Gasteiger partial charge in [-0.1, -0.05) is 11.6 Å². The minimum absolute atomic E-state index is 0.308. The molecule has 0 saturated heterocycles. The largest absolute Gasteiger partial charge is 0.450 e. The molecule has 0 atom stereocenters. The van der Waals surface area contributed by atoms with Crippen molar-refractivity contribution in [2.75, 3.05) is 11.9 Å². The van der Waals surface area contributed by atoms with Crippen LogP contribution in [0, 0.1) is 6.92 Å². The summed E-state index contributed by atoms with van der Waals surface area (Å²) < 4.78 is 6.24. The summed E-state index contributed by atoms with van der Waals surface area (Å²) in [6.45, 7) is 3.87. The molecule has 1 N–H and O–H groups in total. The number of aromatic nitrogens is 3. The fourth-order valence-electron chi connectivity index (χ4n) is 1.32. The molecule has 0 radical (unpaired) electrons. The average molecular weight is 255 g/mol. The normalized spacial score (nSPS) is 10.5. The molecule has 2 heterocycles. The van der Waals surface area contributed by atoms with Gasteiger partial charge in [-0.15, -0.1) is 0 Å². The van der Waals surface area contributed by atoms with Crippen LogP contribution in [0.15, 0.2) is 12.3 Å². The summed E-state index contributed by atoms with van der Waals surface area (Å²) in [5.74, 6) is 0.373. The van der Waals surface area contributed by atoms with Crippen LogP contribution >= 0.6 is 11.6 Å². The van der Waals surface area contributed by atoms with Gasteiger partial charge < -0.3 is 4.74 Å². The van der Waals surface area contributed by atoms with Crippen LogP contribution in [0.4, 0.5) is 10.6 Å². The zero-order valence-electron chi connectivity index (χ0n) is 9.40. The lowest BCUT2D eigenvalue weighted by Crippen LogP contribution is -2.13. The first-order valence-corrected chi connectivity index (χ1v) is 5.44. The summed E-state index contributed by atoms with van der Waals surface area (Å²) in [4.78, 5) is 15.4. The van der Waals surface area contributed by atoms with Crippen molar-refractivity contribution >= 4 is 29.2 Å². The molecular weight excluding hydrogens is 244 g/mol. The molecule has 0 aliphatic heterocycles. The van der Waals surface area contributed by atoms with Crippen molar-refractivity contribution in [3.63, 3.8) is 0 Å². The third kappa shape index (κ3) is 2.47. The van der Waals surface area contributed by atoms with E-state index in [-0.39, 0.29) is 0 Å². The Kier molecular flexibility index (Phi) is 3.14. The highest BCUT2D eigenvalue weighted by atomic mass is 35.5. The van der Waals surface area contributed by atoms with E-state index in [0.29, 0.717) is 23.2 Å². The van der Waals surface area contributed by atoms with Crippen molar-refractivity contribution in [2.45, 2.75) is 13.8 Å². The third-order valence-electron chi connectivity index (χ3n) is 2.09. The molecule has 0 aromatic carbocycles. The van der Waals surface area contributed by atoms with E-state index in [2.05, 4.69) is 15.4 Å². The Labute approximate surface area is 103 Å². The first kappa shape index (κ1) is 11.7. The van der Waals surface area contributed by atoms with Crippen LogP contribution in [0.25, 0.3) is 5.65 Å². The molecule has 0 spiro atoms. The third-order valence-corrected chi connectivity index (χ3v) is 2.46. The van der Waals surface area contributed by atoms with Crippen molar-refractivity contribution in [1.29, 1.82) is 0 Å². The number of nitrogens with one attached hydrogen (secondary N) is 1. The van der Waals surface area contributed by atoms with Crippen LogP contribution < -0.4 is 5.32 Å². The van der Waals surface area contributed by atoms with E-state index in [9.17, 15) is 4.79 Å². The van der Waals surface area contributed by atoms with Crippen LogP contribution in [-0.4, -0.2) is 27.3 Å². The Hall–Kier alpha value is -1.82. The summed E-state index contributed by atoms with van der Waals surface area (Å²) in [7, 11) is 0. The lowest BCUT2D eigenvalue weighted by Gasteiger charge is -1.99. The van der Waals surface area contributed by atoms with Gasteiger partial charge in [-0.05, 0) is 25.5 Å². The molecule has 2 aromatic heterocycles. The summed E-state index contributed by atoms with van der Waals surface area (Å²) in [5.41, 5.74) is 1.44. The number of anilines is 1. The Bertz CT molecular complexity index is 528. The fraction of sp³-hybridized carbons (Fsp3) is 0.300. The number of hydrogen-bond acceptors (Lipinski definition) is 4. The van der Waals surface area contributed by atoms with Gasteiger partial charge in [0.1, 0.15) is 0 Å². The lowest BCUT2D eigenvalue weighted by atomic mass is 10.3. The smallest absolute Gasteiger partial charge is 0.412 e. The number of aryl methyl sites for hydroxylation is 1. The minimum atomic E-state index is -0.543. The zero-order chi connectivity index (χ0) is 12.4. The molecule has 0 saturated carbocycles. The van der Waals surface area contributed by atoms with Crippen LogP contribution in [0.5, 0.6) is 0 Å². The van der Waals surface area contributed by atoms with Crippen molar-refractivity contribution in [2.24, 2.45) is 0 Å². The van der Waals surface area contributed by atoms with E-state index in [0.717, 1.165) is 5.56 Å². The molecule has 90 valence electrons. The maximum absolute atomic E-state index is 11.2. The number of imidazole rings is 1. The number of nitrogens with zero attached hydrogens (tertiary/aromatic N) is 3. The summed E-state index contributed by atoms with van der Waals surface area (Å²) in [5, 5.41) is 6.97. The second-order valence-corrected chi connectivity index (χ2v) is 3.75. The molecular formula is C10H11ClN4O2. The zero-order valence-corrected chi connectivity index (χ0v) is 10.2. The van der Waals surface area contributed by atoms with E-state index in [1.807, 2.05) is 6.92 Å². The fourth-order valence-corrected chi connectivity index (χ4v) is 1.46. The van der Waals surface area contributed by atoms with E-state index >= 15 is 0 Å². The van der Waals surface area contributed by atoms with E-state index in [1.54, 1.807) is 19.2 Å². The Balaban J connectivity index is 2.29. The van der Waals surface area contributed by atoms with Gasteiger partial charge in [0, 0.05) is 0 Å². The van der Waals surface area contributed by atoms with Crippen molar-refractivity contribution in [3.05, 3.63) is 23.0 Å². The van der Waals surface area contributed by atoms with Crippen molar-refractivity contribution in [1.82, 2.24) is 14.6 Å². The van der Waals surface area contributed by atoms with Gasteiger partial charge in [0.2, 0.25) is 0 Å². The number of fused-ring (bicyclic) bond motifs is 1. The number of hydrogen-bond donors (Lipinski definition) is 1. The molecule has 6 nitrogen and oxygen atoms in total. The Morgan fingerprint density at radius 3 is 3.12 bits per heavy atom. The molecule has 7 heteroatoms. The van der Waals surface area contributed by atoms with Crippen molar-refractivity contribution < 1.29 is 9.53 Å². The quantitative estimate of drug-likeness (QED) is 0.893. The highest BCUT2D eigenvalue weighted by molar-refractivity contribution is 6.30. The highest BCUT2D eigenvalue weighted by Gasteiger charge is 2.08. The van der Waals surface area contributed by atoms with E-state index in [1.165, 1.54) is 4.52 Å². The number of amides is 1. The van der Waals surface area contributed by atoms with E-state index < -0.39 is 6.09 Å². The van der Waals surface area contributed by atoms with Gasteiger partial charge in [0.15, 0.2) is 16.6 Å². The standard InChI is InChI=1S/C10H11ClN4O2/c1-3-17-10(16)13-7-5-15-8(12-7)4-6(2)9(11)14-15/h4-5H,3H2,1-2H3,(H,13,16). The first-order valence-electron chi connectivity index (χ1n) is 5.06. The predicted molar refractivity (Wildman–Crippen MR) is 63.4 cm³/mol. The second-order valence-electron chi connectivity index (χ2n) is 3.39. The van der Waals surface area contributed by atoms with Gasteiger partial charge in [-0.2, -0.15) is 5.10 Å².